The Hall–Kier alpha value is -2.45. The number of carboxylic acid groups (broad SMARTS) is 1. The maximum atomic E-state index is 11.3. The van der Waals surface area contributed by atoms with E-state index < -0.39 is 5.97 Å². The Bertz CT molecular complexity index is 851. The number of aromatic nitrogens is 3. The summed E-state index contributed by atoms with van der Waals surface area (Å²) in [6.45, 7) is 0. The van der Waals surface area contributed by atoms with Gasteiger partial charge in [0.2, 0.25) is 0 Å². The predicted molar refractivity (Wildman–Crippen MR) is 81.3 cm³/mol. The number of aromatic carboxylic acids is 1. The van der Waals surface area contributed by atoms with Crippen LogP contribution in [0, 0.1) is 0 Å². The fourth-order valence-electron chi connectivity index (χ4n) is 1.81. The summed E-state index contributed by atoms with van der Waals surface area (Å²) in [5.41, 5.74) is 7.46. The van der Waals surface area contributed by atoms with E-state index in [-0.39, 0.29) is 17.1 Å². The van der Waals surface area contributed by atoms with E-state index >= 15 is 0 Å². The first-order valence-corrected chi connectivity index (χ1v) is 6.83. The molecule has 106 valence electrons. The summed E-state index contributed by atoms with van der Waals surface area (Å²) in [7, 11) is 0. The van der Waals surface area contributed by atoms with Gasteiger partial charge < -0.3 is 16.2 Å². The maximum absolute atomic E-state index is 11.3. The first-order chi connectivity index (χ1) is 10.1. The second-order valence-corrected chi connectivity index (χ2v) is 5.08. The highest BCUT2D eigenvalue weighted by Crippen LogP contribution is 2.33. The number of nitrogen functional groups attached to an aromatic ring is 1. The van der Waals surface area contributed by atoms with Gasteiger partial charge in [-0.1, -0.05) is 11.6 Å². The fourth-order valence-corrected chi connectivity index (χ4v) is 2.55. The minimum atomic E-state index is -1.14. The summed E-state index contributed by atoms with van der Waals surface area (Å²) < 4.78 is 8.26. The van der Waals surface area contributed by atoms with Crippen LogP contribution < -0.4 is 11.1 Å². The van der Waals surface area contributed by atoms with E-state index in [1.165, 1.54) is 12.3 Å². The van der Waals surface area contributed by atoms with Gasteiger partial charge in [-0.05, 0) is 18.2 Å². The van der Waals surface area contributed by atoms with Gasteiger partial charge in [-0.3, -0.25) is 0 Å². The minimum absolute atomic E-state index is 0.0498. The molecule has 0 aliphatic heterocycles. The molecule has 4 N–H and O–H groups in total. The normalized spacial score (nSPS) is 10.7. The molecule has 3 rings (SSSR count). The van der Waals surface area contributed by atoms with Crippen LogP contribution in [0.5, 0.6) is 0 Å². The average Bonchev–Trinajstić information content (AvgIpc) is 2.92. The summed E-state index contributed by atoms with van der Waals surface area (Å²) >= 11 is 7.19. The lowest BCUT2D eigenvalue weighted by atomic mass is 10.2. The van der Waals surface area contributed by atoms with Crippen molar-refractivity contribution in [1.82, 2.24) is 13.7 Å². The van der Waals surface area contributed by atoms with Gasteiger partial charge in [0.05, 0.1) is 34.3 Å². The van der Waals surface area contributed by atoms with E-state index in [9.17, 15) is 9.90 Å². The van der Waals surface area contributed by atoms with E-state index in [2.05, 4.69) is 19.0 Å². The molecular formula is C12H8ClN5O2S. The number of nitrogens with one attached hydrogen (secondary N) is 1. The lowest BCUT2D eigenvalue weighted by molar-refractivity contribution is 0.0697. The largest absolute Gasteiger partial charge is 0.478 e. The number of nitrogens with two attached hydrogens (primary N) is 1. The topological polar surface area (TPSA) is 114 Å². The molecule has 0 atom stereocenters. The smallest absolute Gasteiger partial charge is 0.339 e. The average molecular weight is 322 g/mol. The Morgan fingerprint density at radius 2 is 2.19 bits per heavy atom. The molecule has 1 aromatic carbocycles. The number of pyridine rings is 1. The number of rotatable bonds is 3. The summed E-state index contributed by atoms with van der Waals surface area (Å²) in [4.78, 5) is 15.3. The van der Waals surface area contributed by atoms with Crippen molar-refractivity contribution in [2.24, 2.45) is 0 Å². The zero-order valence-corrected chi connectivity index (χ0v) is 11.9. The lowest BCUT2D eigenvalue weighted by Crippen LogP contribution is -2.06. The van der Waals surface area contributed by atoms with Crippen molar-refractivity contribution in [3.8, 4) is 0 Å². The highest BCUT2D eigenvalue weighted by Gasteiger charge is 2.16. The van der Waals surface area contributed by atoms with Gasteiger partial charge in [-0.15, -0.1) is 0 Å². The van der Waals surface area contributed by atoms with Crippen molar-refractivity contribution in [3.05, 3.63) is 35.0 Å². The SMILES string of the molecule is Nc1cnc(Nc2c(Cl)ccc3nsnc23)c(C(=O)O)c1. The number of nitrogens with zero attached hydrogens (tertiary/aromatic N) is 3. The van der Waals surface area contributed by atoms with E-state index in [0.29, 0.717) is 21.7 Å². The van der Waals surface area contributed by atoms with Gasteiger partial charge in [-0.25, -0.2) is 9.78 Å². The highest BCUT2D eigenvalue weighted by molar-refractivity contribution is 7.00. The first-order valence-electron chi connectivity index (χ1n) is 5.73. The third-order valence-corrected chi connectivity index (χ3v) is 3.62. The van der Waals surface area contributed by atoms with Gasteiger partial charge in [0.15, 0.2) is 0 Å². The minimum Gasteiger partial charge on any atom is -0.478 e. The number of halogens is 1. The van der Waals surface area contributed by atoms with Crippen molar-refractivity contribution < 1.29 is 9.90 Å². The fraction of sp³-hybridized carbons (Fsp3) is 0. The zero-order valence-electron chi connectivity index (χ0n) is 10.4. The van der Waals surface area contributed by atoms with Crippen LogP contribution in [0.3, 0.4) is 0 Å². The molecule has 0 fully saturated rings. The van der Waals surface area contributed by atoms with Gasteiger partial charge >= 0.3 is 5.97 Å². The molecule has 0 aliphatic carbocycles. The maximum Gasteiger partial charge on any atom is 0.339 e. The predicted octanol–water partition coefficient (Wildman–Crippen LogP) is 2.76. The quantitative estimate of drug-likeness (QED) is 0.679. The second-order valence-electron chi connectivity index (χ2n) is 4.15. The molecule has 0 spiro atoms. The van der Waals surface area contributed by atoms with Gasteiger partial charge in [0, 0.05) is 0 Å². The third kappa shape index (κ3) is 2.46. The lowest BCUT2D eigenvalue weighted by Gasteiger charge is -2.10. The number of hydrogen-bond acceptors (Lipinski definition) is 7. The van der Waals surface area contributed by atoms with Crippen LogP contribution in [0.2, 0.25) is 5.02 Å². The molecule has 2 aromatic heterocycles. The summed E-state index contributed by atoms with van der Waals surface area (Å²) in [6, 6.07) is 4.72. The number of carboxylic acids is 1. The first kappa shape index (κ1) is 13.5. The summed E-state index contributed by atoms with van der Waals surface area (Å²) in [6.07, 6.45) is 1.36. The monoisotopic (exact) mass is 321 g/mol. The molecule has 0 bridgehead atoms. The van der Waals surface area contributed by atoms with Crippen molar-refractivity contribution in [2.75, 3.05) is 11.1 Å². The van der Waals surface area contributed by atoms with Crippen LogP contribution in [0.15, 0.2) is 24.4 Å². The van der Waals surface area contributed by atoms with Crippen LogP contribution in [0.4, 0.5) is 17.2 Å². The van der Waals surface area contributed by atoms with Crippen molar-refractivity contribution in [3.63, 3.8) is 0 Å². The molecule has 0 saturated carbocycles. The van der Waals surface area contributed by atoms with E-state index in [1.54, 1.807) is 12.1 Å². The summed E-state index contributed by atoms with van der Waals surface area (Å²) in [5, 5.41) is 12.5. The Morgan fingerprint density at radius 3 is 2.95 bits per heavy atom. The zero-order chi connectivity index (χ0) is 15.0. The summed E-state index contributed by atoms with van der Waals surface area (Å²) in [5.74, 6) is -1.00. The molecule has 0 amide bonds. The third-order valence-electron chi connectivity index (χ3n) is 2.76. The molecule has 0 radical (unpaired) electrons. The van der Waals surface area contributed by atoms with E-state index in [0.717, 1.165) is 11.7 Å². The van der Waals surface area contributed by atoms with E-state index in [4.69, 9.17) is 17.3 Å². The van der Waals surface area contributed by atoms with Crippen LogP contribution in [-0.4, -0.2) is 24.8 Å². The molecule has 3 aromatic rings. The Kier molecular flexibility index (Phi) is 3.32. The Balaban J connectivity index is 2.13. The van der Waals surface area contributed by atoms with Gasteiger partial charge in [0.1, 0.15) is 22.4 Å². The van der Waals surface area contributed by atoms with Gasteiger partial charge in [0.25, 0.3) is 0 Å². The van der Waals surface area contributed by atoms with Crippen LogP contribution >= 0.6 is 23.3 Å². The molecule has 9 heteroatoms. The van der Waals surface area contributed by atoms with Crippen molar-refractivity contribution in [2.45, 2.75) is 0 Å². The van der Waals surface area contributed by atoms with Crippen molar-refractivity contribution in [1.29, 1.82) is 0 Å². The van der Waals surface area contributed by atoms with Crippen molar-refractivity contribution >= 4 is 57.5 Å². The number of benzene rings is 1. The molecule has 21 heavy (non-hydrogen) atoms. The molecule has 0 aliphatic rings. The Morgan fingerprint density at radius 1 is 1.38 bits per heavy atom. The molecule has 2 heterocycles. The number of fused-ring (bicyclic) bond motifs is 1. The van der Waals surface area contributed by atoms with Gasteiger partial charge in [-0.2, -0.15) is 8.75 Å². The number of anilines is 3. The van der Waals surface area contributed by atoms with E-state index in [1.807, 2.05) is 0 Å². The number of hydrogen-bond donors (Lipinski definition) is 3. The molecular weight excluding hydrogens is 314 g/mol. The number of carbonyl (C=O) groups is 1. The standard InChI is InChI=1S/C12H8ClN5O2S/c13-7-1-2-8-10(18-21-17-8)9(7)16-11-6(12(19)20)3-5(14)4-15-11/h1-4H,14H2,(H,15,16)(H,19,20). The van der Waals surface area contributed by atoms with Crippen LogP contribution in [0.1, 0.15) is 10.4 Å². The molecule has 7 nitrogen and oxygen atoms in total. The second kappa shape index (κ2) is 5.15. The highest BCUT2D eigenvalue weighted by atomic mass is 35.5. The van der Waals surface area contributed by atoms with Crippen LogP contribution in [0.25, 0.3) is 11.0 Å². The molecule has 0 saturated heterocycles. The van der Waals surface area contributed by atoms with Crippen LogP contribution in [-0.2, 0) is 0 Å². The Labute approximate surface area is 127 Å². The molecule has 0 unspecified atom stereocenters.